The number of hydrogen-bond acceptors (Lipinski definition) is 3. The Morgan fingerprint density at radius 3 is 2.74 bits per heavy atom. The molecule has 2 aromatic heterocycles. The van der Waals surface area contributed by atoms with Gasteiger partial charge in [0.1, 0.15) is 16.3 Å². The SMILES string of the molecule is O=c1[nH]c2ccsc2c(=O)n1-c1cc(F)ccc1F. The molecule has 0 saturated heterocycles. The van der Waals surface area contributed by atoms with Gasteiger partial charge in [-0.25, -0.2) is 18.1 Å². The van der Waals surface area contributed by atoms with Gasteiger partial charge in [0.05, 0.1) is 11.2 Å². The average molecular weight is 280 g/mol. The zero-order chi connectivity index (χ0) is 13.6. The van der Waals surface area contributed by atoms with Crippen molar-refractivity contribution in [1.29, 1.82) is 0 Å². The average Bonchev–Trinajstić information content (AvgIpc) is 2.82. The maximum absolute atomic E-state index is 13.7. The quantitative estimate of drug-likeness (QED) is 0.741. The summed E-state index contributed by atoms with van der Waals surface area (Å²) in [6.07, 6.45) is 0. The lowest BCUT2D eigenvalue weighted by Crippen LogP contribution is -2.33. The van der Waals surface area contributed by atoms with Crippen molar-refractivity contribution in [3.8, 4) is 5.69 Å². The van der Waals surface area contributed by atoms with Crippen molar-refractivity contribution in [2.75, 3.05) is 0 Å². The first kappa shape index (κ1) is 11.8. The molecule has 0 bridgehead atoms. The Morgan fingerprint density at radius 2 is 1.95 bits per heavy atom. The molecule has 2 heterocycles. The number of rotatable bonds is 1. The summed E-state index contributed by atoms with van der Waals surface area (Å²) in [6.45, 7) is 0. The Balaban J connectivity index is 2.46. The highest BCUT2D eigenvalue weighted by atomic mass is 32.1. The molecule has 1 N–H and O–H groups in total. The van der Waals surface area contributed by atoms with Crippen LogP contribution in [0, 0.1) is 11.6 Å². The van der Waals surface area contributed by atoms with Crippen molar-refractivity contribution in [1.82, 2.24) is 9.55 Å². The zero-order valence-electron chi connectivity index (χ0n) is 9.31. The van der Waals surface area contributed by atoms with Crippen LogP contribution in [0.5, 0.6) is 0 Å². The normalized spacial score (nSPS) is 11.1. The Hall–Kier alpha value is -2.28. The van der Waals surface area contributed by atoms with Gasteiger partial charge in [0, 0.05) is 6.07 Å². The van der Waals surface area contributed by atoms with Crippen LogP contribution in [0.4, 0.5) is 8.78 Å². The first-order valence-corrected chi connectivity index (χ1v) is 6.14. The fourth-order valence-electron chi connectivity index (χ4n) is 1.81. The topological polar surface area (TPSA) is 54.9 Å². The molecule has 0 aliphatic rings. The Bertz CT molecular complexity index is 895. The van der Waals surface area contributed by atoms with E-state index in [1.54, 1.807) is 11.4 Å². The number of nitrogens with one attached hydrogen (secondary N) is 1. The first-order valence-electron chi connectivity index (χ1n) is 5.26. The van der Waals surface area contributed by atoms with Crippen LogP contribution in [0.1, 0.15) is 0 Å². The molecule has 3 rings (SSSR count). The van der Waals surface area contributed by atoms with Crippen LogP contribution in [-0.2, 0) is 0 Å². The van der Waals surface area contributed by atoms with Gasteiger partial charge in [0.2, 0.25) is 0 Å². The third-order valence-electron chi connectivity index (χ3n) is 2.66. The summed E-state index contributed by atoms with van der Waals surface area (Å²) in [4.78, 5) is 26.4. The fraction of sp³-hybridized carbons (Fsp3) is 0. The number of benzene rings is 1. The van der Waals surface area contributed by atoms with E-state index in [9.17, 15) is 18.4 Å². The van der Waals surface area contributed by atoms with E-state index < -0.39 is 28.6 Å². The van der Waals surface area contributed by atoms with Crippen molar-refractivity contribution >= 4 is 21.6 Å². The highest BCUT2D eigenvalue weighted by molar-refractivity contribution is 7.17. The molecule has 0 unspecified atom stereocenters. The van der Waals surface area contributed by atoms with Gasteiger partial charge in [-0.1, -0.05) is 0 Å². The van der Waals surface area contributed by atoms with Gasteiger partial charge in [0.25, 0.3) is 5.56 Å². The molecule has 0 spiro atoms. The minimum atomic E-state index is -0.843. The maximum Gasteiger partial charge on any atom is 0.333 e. The van der Waals surface area contributed by atoms with Crippen molar-refractivity contribution in [3.63, 3.8) is 0 Å². The lowest BCUT2D eigenvalue weighted by Gasteiger charge is -2.05. The predicted molar refractivity (Wildman–Crippen MR) is 68.0 cm³/mol. The molecular weight excluding hydrogens is 274 g/mol. The second kappa shape index (κ2) is 4.13. The molecule has 19 heavy (non-hydrogen) atoms. The molecule has 7 heteroatoms. The Labute approximate surface area is 108 Å². The van der Waals surface area contributed by atoms with Gasteiger partial charge < -0.3 is 4.98 Å². The lowest BCUT2D eigenvalue weighted by atomic mass is 10.3. The van der Waals surface area contributed by atoms with Crippen LogP contribution in [0.3, 0.4) is 0 Å². The first-order chi connectivity index (χ1) is 9.08. The van der Waals surface area contributed by atoms with Gasteiger partial charge in [-0.15, -0.1) is 11.3 Å². The summed E-state index contributed by atoms with van der Waals surface area (Å²) < 4.78 is 27.7. The van der Waals surface area contributed by atoms with E-state index in [-0.39, 0.29) is 4.70 Å². The fourth-order valence-corrected chi connectivity index (χ4v) is 2.59. The minimum absolute atomic E-state index is 0.281. The highest BCUT2D eigenvalue weighted by Crippen LogP contribution is 2.15. The summed E-state index contributed by atoms with van der Waals surface area (Å²) in [7, 11) is 0. The summed E-state index contributed by atoms with van der Waals surface area (Å²) in [5.74, 6) is -1.57. The van der Waals surface area contributed by atoms with Gasteiger partial charge in [0.15, 0.2) is 0 Å². The molecule has 0 amide bonds. The minimum Gasteiger partial charge on any atom is -0.306 e. The summed E-state index contributed by atoms with van der Waals surface area (Å²) in [5.41, 5.74) is -1.49. The van der Waals surface area contributed by atoms with Crippen LogP contribution >= 0.6 is 11.3 Å². The van der Waals surface area contributed by atoms with Crippen molar-refractivity contribution in [3.05, 3.63) is 62.1 Å². The number of aromatic nitrogens is 2. The van der Waals surface area contributed by atoms with Gasteiger partial charge in [-0.3, -0.25) is 4.79 Å². The van der Waals surface area contributed by atoms with Crippen molar-refractivity contribution < 1.29 is 8.78 Å². The lowest BCUT2D eigenvalue weighted by molar-refractivity contribution is 0.589. The molecule has 0 saturated carbocycles. The number of hydrogen-bond donors (Lipinski definition) is 1. The van der Waals surface area contributed by atoms with Crippen LogP contribution in [0.25, 0.3) is 15.9 Å². The van der Waals surface area contributed by atoms with E-state index in [0.29, 0.717) is 10.1 Å². The van der Waals surface area contributed by atoms with Gasteiger partial charge >= 0.3 is 5.69 Å². The molecular formula is C12H6F2N2O2S. The zero-order valence-corrected chi connectivity index (χ0v) is 10.1. The van der Waals surface area contributed by atoms with Gasteiger partial charge in [-0.2, -0.15) is 0 Å². The van der Waals surface area contributed by atoms with Gasteiger partial charge in [-0.05, 0) is 23.6 Å². The number of halogens is 2. The third kappa shape index (κ3) is 1.78. The smallest absolute Gasteiger partial charge is 0.306 e. The number of fused-ring (bicyclic) bond motifs is 1. The Morgan fingerprint density at radius 1 is 1.16 bits per heavy atom. The largest absolute Gasteiger partial charge is 0.333 e. The standard InChI is InChI=1S/C12H6F2N2O2S/c13-6-1-2-7(14)9(5-6)16-11(17)10-8(3-4-19-10)15-12(16)18/h1-5H,(H,15,18). The van der Waals surface area contributed by atoms with E-state index in [2.05, 4.69) is 4.98 Å². The van der Waals surface area contributed by atoms with E-state index >= 15 is 0 Å². The van der Waals surface area contributed by atoms with Crippen LogP contribution in [0.15, 0.2) is 39.2 Å². The molecule has 0 aliphatic carbocycles. The molecule has 96 valence electrons. The monoisotopic (exact) mass is 280 g/mol. The molecule has 0 fully saturated rings. The van der Waals surface area contributed by atoms with E-state index in [1.165, 1.54) is 0 Å². The molecule has 0 radical (unpaired) electrons. The second-order valence-corrected chi connectivity index (χ2v) is 4.75. The van der Waals surface area contributed by atoms with E-state index in [4.69, 9.17) is 0 Å². The number of aromatic amines is 1. The third-order valence-corrected chi connectivity index (χ3v) is 3.56. The summed E-state index contributed by atoms with van der Waals surface area (Å²) in [5, 5.41) is 1.63. The molecule has 0 atom stereocenters. The molecule has 4 nitrogen and oxygen atoms in total. The number of nitrogens with zero attached hydrogens (tertiary/aromatic N) is 1. The van der Waals surface area contributed by atoms with E-state index in [1.807, 2.05) is 0 Å². The number of thiophene rings is 1. The van der Waals surface area contributed by atoms with Crippen LogP contribution in [0.2, 0.25) is 0 Å². The number of H-pyrrole nitrogens is 1. The molecule has 3 aromatic rings. The summed E-state index contributed by atoms with van der Waals surface area (Å²) >= 11 is 1.12. The second-order valence-electron chi connectivity index (χ2n) is 3.83. The predicted octanol–water partition coefficient (Wildman–Crippen LogP) is 2.02. The highest BCUT2D eigenvalue weighted by Gasteiger charge is 2.14. The Kier molecular flexibility index (Phi) is 2.56. The molecule has 0 aliphatic heterocycles. The molecule has 1 aromatic carbocycles. The van der Waals surface area contributed by atoms with E-state index in [0.717, 1.165) is 29.5 Å². The summed E-state index contributed by atoms with van der Waals surface area (Å²) in [6, 6.07) is 4.18. The van der Waals surface area contributed by atoms with Crippen molar-refractivity contribution in [2.24, 2.45) is 0 Å². The van der Waals surface area contributed by atoms with Crippen LogP contribution < -0.4 is 11.2 Å². The van der Waals surface area contributed by atoms with Crippen molar-refractivity contribution in [2.45, 2.75) is 0 Å². The maximum atomic E-state index is 13.7. The van der Waals surface area contributed by atoms with Crippen LogP contribution in [-0.4, -0.2) is 9.55 Å².